The summed E-state index contributed by atoms with van der Waals surface area (Å²) >= 11 is 0. The molecule has 1 amide bonds. The molecule has 4 N–H and O–H groups in total. The molecular weight excluding hydrogens is 793 g/mol. The summed E-state index contributed by atoms with van der Waals surface area (Å²) in [4.78, 5) is 51.2. The van der Waals surface area contributed by atoms with E-state index in [9.17, 15) is 55.0 Å². The van der Waals surface area contributed by atoms with Crippen LogP contribution in [0.25, 0.3) is 0 Å². The van der Waals surface area contributed by atoms with Crippen molar-refractivity contribution in [2.45, 2.75) is 149 Å². The normalized spacial score (nSPS) is 38.1. The zero-order valence-corrected chi connectivity index (χ0v) is 35.2. The van der Waals surface area contributed by atoms with Crippen molar-refractivity contribution in [1.82, 2.24) is 5.32 Å². The summed E-state index contributed by atoms with van der Waals surface area (Å²) in [6, 6.07) is -1.29. The Balaban J connectivity index is 1.34. The highest BCUT2D eigenvalue weighted by atomic mass is 19.4. The Morgan fingerprint density at radius 3 is 2.17 bits per heavy atom. The van der Waals surface area contributed by atoms with Gasteiger partial charge in [0.15, 0.2) is 0 Å². The third-order valence-corrected chi connectivity index (χ3v) is 16.2. The first-order valence-corrected chi connectivity index (χ1v) is 20.7. The number of rotatable bonds is 13. The van der Waals surface area contributed by atoms with Gasteiger partial charge in [-0.15, -0.1) is 0 Å². The van der Waals surface area contributed by atoms with E-state index in [1.165, 1.54) is 17.8 Å². The van der Waals surface area contributed by atoms with Gasteiger partial charge in [-0.2, -0.15) is 30.7 Å². The lowest BCUT2D eigenvalue weighted by atomic mass is 9.34. The molecule has 5 aliphatic rings. The quantitative estimate of drug-likeness (QED) is 0.0727. The molecule has 5 rings (SSSR count). The first kappa shape index (κ1) is 47.1. The molecule has 1 aliphatic heterocycles. The monoisotopic (exact) mass is 854 g/mol. The Kier molecular flexibility index (Phi) is 12.6. The summed E-state index contributed by atoms with van der Waals surface area (Å²) in [5.41, 5.74) is 4.57. The topological polar surface area (TPSA) is 154 Å². The van der Waals surface area contributed by atoms with Gasteiger partial charge in [0.25, 0.3) is 5.91 Å². The van der Waals surface area contributed by atoms with E-state index >= 15 is 0 Å². The van der Waals surface area contributed by atoms with E-state index in [2.05, 4.69) is 47.6 Å². The average molecular weight is 855 g/mol. The number of hydrogen-bond donors (Lipinski definition) is 3. The van der Waals surface area contributed by atoms with E-state index in [1.54, 1.807) is 0 Å². The molecule has 336 valence electrons. The minimum atomic E-state index is -6.65. The number of allylic oxidation sites excluding steroid dienone is 1. The van der Waals surface area contributed by atoms with Crippen LogP contribution in [0.15, 0.2) is 11.6 Å². The molecule has 0 aromatic heterocycles. The second-order valence-electron chi connectivity index (χ2n) is 19.6. The molecule has 0 radical (unpaired) electrons. The number of carboxylic acids is 1. The minimum Gasteiger partial charge on any atom is -0.481 e. The van der Waals surface area contributed by atoms with E-state index < -0.39 is 94.2 Å². The van der Waals surface area contributed by atoms with Gasteiger partial charge in [0.1, 0.15) is 18.2 Å². The van der Waals surface area contributed by atoms with Gasteiger partial charge < -0.3 is 30.4 Å². The summed E-state index contributed by atoms with van der Waals surface area (Å²) in [7, 11) is 0. The number of amides is 1. The molecule has 1 saturated heterocycles. The molecular formula is C42H61F7N2O8. The van der Waals surface area contributed by atoms with Crippen LogP contribution >= 0.6 is 0 Å². The van der Waals surface area contributed by atoms with Gasteiger partial charge in [-0.1, -0.05) is 60.1 Å². The van der Waals surface area contributed by atoms with Gasteiger partial charge in [-0.05, 0) is 97.7 Å². The summed E-state index contributed by atoms with van der Waals surface area (Å²) in [6.45, 7) is 16.1. The van der Waals surface area contributed by atoms with Crippen LogP contribution in [0.5, 0.6) is 0 Å². The molecule has 0 aromatic carbocycles. The SMILES string of the molecule is CC(=O)O[C@@H]1C[C@@]23COC[C@](C)([C@@H]2CC[C@H]2C3=CC[C@@]3(C)[C@H](C(=O)O)[C@@](C)([C@H](C)C(C)C)CC[C@]23C)[C@H]1OC(=O)C(N)CCCCNC(=O)C(F)(F)C(F)(F)C(F)(F)F. The first-order valence-electron chi connectivity index (χ1n) is 20.7. The van der Waals surface area contributed by atoms with Crippen molar-refractivity contribution in [1.29, 1.82) is 0 Å². The second-order valence-corrected chi connectivity index (χ2v) is 19.6. The van der Waals surface area contributed by atoms with E-state index in [1.807, 2.05) is 6.92 Å². The number of nitrogens with two attached hydrogens (primary N) is 1. The molecule has 4 fully saturated rings. The van der Waals surface area contributed by atoms with Crippen molar-refractivity contribution in [2.75, 3.05) is 19.8 Å². The van der Waals surface area contributed by atoms with Gasteiger partial charge in [0.05, 0.1) is 19.1 Å². The first-order chi connectivity index (χ1) is 27.0. The van der Waals surface area contributed by atoms with Crippen molar-refractivity contribution in [3.8, 4) is 0 Å². The summed E-state index contributed by atoms with van der Waals surface area (Å²) in [6.07, 6.45) is -2.66. The molecule has 1 unspecified atom stereocenters. The van der Waals surface area contributed by atoms with Crippen LogP contribution in [0, 0.1) is 56.7 Å². The zero-order valence-electron chi connectivity index (χ0n) is 35.2. The fraction of sp³-hybridized carbons (Fsp3) is 0.857. The number of aliphatic carboxylic acids is 1. The molecule has 17 heteroatoms. The van der Waals surface area contributed by atoms with Crippen molar-refractivity contribution < 1.29 is 69.2 Å². The van der Waals surface area contributed by atoms with Crippen LogP contribution in [0.4, 0.5) is 30.7 Å². The Labute approximate surface area is 341 Å². The van der Waals surface area contributed by atoms with Crippen LogP contribution in [0.2, 0.25) is 0 Å². The highest BCUT2D eigenvalue weighted by Gasteiger charge is 2.76. The lowest BCUT2D eigenvalue weighted by Crippen LogP contribution is -2.70. The van der Waals surface area contributed by atoms with E-state index in [0.717, 1.165) is 25.7 Å². The van der Waals surface area contributed by atoms with Crippen LogP contribution < -0.4 is 11.1 Å². The Hall–Kier alpha value is -2.95. The summed E-state index contributed by atoms with van der Waals surface area (Å²) in [5, 5.41) is 12.4. The predicted molar refractivity (Wildman–Crippen MR) is 200 cm³/mol. The Bertz CT molecular complexity index is 1690. The smallest absolute Gasteiger partial charge is 0.460 e. The number of esters is 2. The molecule has 10 nitrogen and oxygen atoms in total. The van der Waals surface area contributed by atoms with Gasteiger partial charge >= 0.3 is 35.9 Å². The lowest BCUT2D eigenvalue weighted by molar-refractivity contribution is -0.344. The predicted octanol–water partition coefficient (Wildman–Crippen LogP) is 7.87. The maximum absolute atomic E-state index is 13.7. The molecule has 59 heavy (non-hydrogen) atoms. The average Bonchev–Trinajstić information content (AvgIpc) is 3.11. The number of carbonyl (C=O) groups excluding carboxylic acids is 3. The third kappa shape index (κ3) is 7.36. The highest BCUT2D eigenvalue weighted by Crippen LogP contribution is 2.75. The number of fused-ring (bicyclic) bond motifs is 3. The number of unbranched alkanes of at least 4 members (excludes halogenated alkanes) is 1. The number of nitrogens with one attached hydrogen (secondary N) is 1. The zero-order chi connectivity index (χ0) is 44.5. The molecule has 2 bridgehead atoms. The third-order valence-electron chi connectivity index (χ3n) is 16.2. The van der Waals surface area contributed by atoms with Crippen LogP contribution in [0.3, 0.4) is 0 Å². The van der Waals surface area contributed by atoms with Crippen LogP contribution in [-0.4, -0.2) is 85.0 Å². The van der Waals surface area contributed by atoms with Crippen LogP contribution in [0.1, 0.15) is 113 Å². The fourth-order valence-corrected chi connectivity index (χ4v) is 12.6. The number of hydrogen-bond acceptors (Lipinski definition) is 8. The van der Waals surface area contributed by atoms with E-state index in [-0.39, 0.29) is 55.5 Å². The maximum atomic E-state index is 13.7. The number of halogens is 7. The van der Waals surface area contributed by atoms with Gasteiger partial charge in [0, 0.05) is 24.3 Å². The molecule has 4 aliphatic carbocycles. The summed E-state index contributed by atoms with van der Waals surface area (Å²) < 4.78 is 110. The van der Waals surface area contributed by atoms with Crippen molar-refractivity contribution in [3.63, 3.8) is 0 Å². The Morgan fingerprint density at radius 1 is 0.949 bits per heavy atom. The molecule has 0 spiro atoms. The molecule has 1 heterocycles. The van der Waals surface area contributed by atoms with Crippen molar-refractivity contribution >= 4 is 23.8 Å². The highest BCUT2D eigenvalue weighted by molar-refractivity contribution is 5.84. The van der Waals surface area contributed by atoms with Crippen molar-refractivity contribution in [2.24, 2.45) is 62.4 Å². The van der Waals surface area contributed by atoms with Crippen molar-refractivity contribution in [3.05, 3.63) is 11.6 Å². The fourth-order valence-electron chi connectivity index (χ4n) is 12.6. The molecule has 3 saturated carbocycles. The molecule has 12 atom stereocenters. The number of carboxylic acid groups (broad SMARTS) is 1. The van der Waals surface area contributed by atoms with E-state index in [0.29, 0.717) is 18.9 Å². The summed E-state index contributed by atoms with van der Waals surface area (Å²) in [5.74, 6) is -17.8. The second kappa shape index (κ2) is 15.7. The maximum Gasteiger partial charge on any atom is 0.460 e. The van der Waals surface area contributed by atoms with E-state index in [4.69, 9.17) is 19.9 Å². The van der Waals surface area contributed by atoms with Gasteiger partial charge in [-0.3, -0.25) is 19.2 Å². The number of ether oxygens (including phenoxy) is 3. The number of alkyl halides is 7. The largest absolute Gasteiger partial charge is 0.481 e. The molecule has 0 aromatic rings. The number of carbonyl (C=O) groups is 4. The standard InChI is InChI=1S/C42H61F7N2O8/c1-22(2)23(3)35(5)16-17-37(7)25-12-13-29-36(6)20-57-21-39(29,26(25)14-15-38(37,8)30(35)32(53)54)19-28(58-24(4)52)31(36)59-33(55)27(50)11-9-10-18-51-34(56)40(43,44)41(45,46)42(47,48)49/h14,22-23,25,27-31H,9-13,15-21,50H2,1-8H3,(H,51,56)(H,53,54)/t23-,25+,27?,28-,29+,30-,31+,35-,36-,37-,38+,39+/m1/s1. The van der Waals surface area contributed by atoms with Gasteiger partial charge in [0.2, 0.25) is 0 Å². The Morgan fingerprint density at radius 2 is 1.59 bits per heavy atom. The lowest BCUT2D eigenvalue weighted by Gasteiger charge is -2.71. The van der Waals surface area contributed by atoms with Crippen LogP contribution in [-0.2, 0) is 33.4 Å². The van der Waals surface area contributed by atoms with Gasteiger partial charge in [-0.25, -0.2) is 0 Å². The minimum absolute atomic E-state index is 0.0204.